The largest absolute Gasteiger partial charge is 0.370 e. The molecule has 2 aliphatic heterocycles. The summed E-state index contributed by atoms with van der Waals surface area (Å²) in [5.74, 6) is 0.103. The summed E-state index contributed by atoms with van der Waals surface area (Å²) in [5, 5.41) is 3.18. The van der Waals surface area contributed by atoms with Crippen LogP contribution in [-0.2, 0) is 23.3 Å². The molecule has 0 bridgehead atoms. The van der Waals surface area contributed by atoms with Gasteiger partial charge in [0.1, 0.15) is 0 Å². The van der Waals surface area contributed by atoms with Gasteiger partial charge in [0.2, 0.25) is 0 Å². The molecule has 2 aromatic heterocycles. The van der Waals surface area contributed by atoms with Crippen LogP contribution in [0.15, 0.2) is 18.6 Å². The van der Waals surface area contributed by atoms with Crippen molar-refractivity contribution >= 4 is 17.2 Å². The van der Waals surface area contributed by atoms with Gasteiger partial charge in [0, 0.05) is 48.9 Å². The number of aromatic amines is 1. The summed E-state index contributed by atoms with van der Waals surface area (Å²) in [6, 6.07) is 2.50. The Balaban J connectivity index is 1.30. The van der Waals surface area contributed by atoms with E-state index in [0.29, 0.717) is 6.04 Å². The minimum Gasteiger partial charge on any atom is -0.370 e. The molecule has 27 heavy (non-hydrogen) atoms. The summed E-state index contributed by atoms with van der Waals surface area (Å²) in [6.45, 7) is 3.66. The van der Waals surface area contributed by atoms with Crippen molar-refractivity contribution in [3.05, 3.63) is 39.6 Å². The lowest BCUT2D eigenvalue weighted by Crippen LogP contribution is -2.46. The molecule has 1 amide bonds. The minimum absolute atomic E-state index is 0.103. The summed E-state index contributed by atoms with van der Waals surface area (Å²) in [4.78, 5) is 24.6. The highest BCUT2D eigenvalue weighted by molar-refractivity contribution is 7.14. The van der Waals surface area contributed by atoms with Crippen LogP contribution in [0.5, 0.6) is 0 Å². The van der Waals surface area contributed by atoms with Crippen molar-refractivity contribution in [2.24, 2.45) is 0 Å². The number of thiophene rings is 1. The number of carbonyl (C=O) groups is 1. The molecule has 4 heterocycles. The molecule has 1 spiro atoms. The maximum absolute atomic E-state index is 12.6. The first-order valence-corrected chi connectivity index (χ1v) is 10.8. The molecular weight excluding hydrogens is 360 g/mol. The van der Waals surface area contributed by atoms with Crippen molar-refractivity contribution in [1.29, 1.82) is 0 Å². The number of ether oxygens (including phenoxy) is 1. The molecular formula is C20H26N4O2S. The number of imidazole rings is 1. The number of nitrogens with zero attached hydrogens (tertiary/aromatic N) is 2. The van der Waals surface area contributed by atoms with E-state index in [2.05, 4.69) is 26.3 Å². The van der Waals surface area contributed by atoms with Gasteiger partial charge < -0.3 is 15.0 Å². The lowest BCUT2D eigenvalue weighted by Gasteiger charge is -2.44. The molecule has 2 N–H and O–H groups in total. The maximum atomic E-state index is 12.6. The summed E-state index contributed by atoms with van der Waals surface area (Å²) in [5.41, 5.74) is 2.23. The number of hydrogen-bond acceptors (Lipinski definition) is 5. The highest BCUT2D eigenvalue weighted by Gasteiger charge is 2.42. The van der Waals surface area contributed by atoms with Crippen molar-refractivity contribution in [2.75, 3.05) is 19.7 Å². The molecule has 0 atom stereocenters. The lowest BCUT2D eigenvalue weighted by molar-refractivity contribution is -0.0981. The number of nitrogens with one attached hydrogen (secondary N) is 2. The van der Waals surface area contributed by atoms with Gasteiger partial charge in [0.05, 0.1) is 23.4 Å². The fourth-order valence-electron chi connectivity index (χ4n) is 4.44. The lowest BCUT2D eigenvalue weighted by atomic mass is 9.82. The monoisotopic (exact) mass is 386 g/mol. The molecule has 0 radical (unpaired) electrons. The molecule has 7 heteroatoms. The Bertz CT molecular complexity index is 804. The van der Waals surface area contributed by atoms with Gasteiger partial charge >= 0.3 is 0 Å². The second-order valence-corrected chi connectivity index (χ2v) is 9.13. The van der Waals surface area contributed by atoms with Crippen molar-refractivity contribution in [3.63, 3.8) is 0 Å². The Hall–Kier alpha value is -1.70. The predicted molar refractivity (Wildman–Crippen MR) is 104 cm³/mol. The third kappa shape index (κ3) is 3.32. The van der Waals surface area contributed by atoms with Crippen molar-refractivity contribution in [1.82, 2.24) is 20.2 Å². The molecule has 1 aliphatic carbocycles. The van der Waals surface area contributed by atoms with Crippen LogP contribution < -0.4 is 5.32 Å². The second kappa shape index (κ2) is 7.04. The van der Waals surface area contributed by atoms with E-state index in [1.54, 1.807) is 17.7 Å². The molecule has 1 saturated heterocycles. The topological polar surface area (TPSA) is 70.2 Å². The standard InChI is InChI=1S/C20H26N4O2S/c25-19(23-14-2-1-3-14)18-10-16-17(27-18)4-9-26-20(16)5-7-24(8-6-20)12-15-11-21-13-22-15/h10-11,13-14H,1-9,12H2,(H,21,22)(H,23,25). The van der Waals surface area contributed by atoms with Crippen LogP contribution in [0.3, 0.4) is 0 Å². The molecule has 2 fully saturated rings. The van der Waals surface area contributed by atoms with E-state index in [-0.39, 0.29) is 11.5 Å². The number of aromatic nitrogens is 2. The van der Waals surface area contributed by atoms with Gasteiger partial charge in [-0.3, -0.25) is 9.69 Å². The predicted octanol–water partition coefficient (Wildman–Crippen LogP) is 2.82. The first kappa shape index (κ1) is 17.4. The van der Waals surface area contributed by atoms with E-state index < -0.39 is 0 Å². The average molecular weight is 387 g/mol. The number of fused-ring (bicyclic) bond motifs is 2. The van der Waals surface area contributed by atoms with Crippen LogP contribution >= 0.6 is 11.3 Å². The number of carbonyl (C=O) groups excluding carboxylic acids is 1. The fourth-order valence-corrected chi connectivity index (χ4v) is 5.57. The molecule has 6 nitrogen and oxygen atoms in total. The van der Waals surface area contributed by atoms with Gasteiger partial charge in [-0.1, -0.05) is 0 Å². The van der Waals surface area contributed by atoms with Crippen LogP contribution in [0.2, 0.25) is 0 Å². The highest BCUT2D eigenvalue weighted by atomic mass is 32.1. The Labute approximate surface area is 163 Å². The van der Waals surface area contributed by atoms with Gasteiger partial charge in [0.15, 0.2) is 0 Å². The SMILES string of the molecule is O=C(NC1CCC1)c1cc2c(s1)CCOC21CCN(Cc2cnc[nH]2)CC1. The number of H-pyrrole nitrogens is 1. The van der Waals surface area contributed by atoms with E-state index in [1.165, 1.54) is 16.9 Å². The molecule has 5 rings (SSSR count). The van der Waals surface area contributed by atoms with Crippen LogP contribution in [0.1, 0.15) is 57.9 Å². The van der Waals surface area contributed by atoms with E-state index >= 15 is 0 Å². The zero-order valence-electron chi connectivity index (χ0n) is 15.5. The Morgan fingerprint density at radius 1 is 1.41 bits per heavy atom. The smallest absolute Gasteiger partial charge is 0.261 e. The van der Waals surface area contributed by atoms with E-state index in [9.17, 15) is 4.79 Å². The minimum atomic E-state index is -0.205. The second-order valence-electron chi connectivity index (χ2n) is 7.99. The van der Waals surface area contributed by atoms with E-state index in [0.717, 1.165) is 68.9 Å². The third-order valence-electron chi connectivity index (χ3n) is 6.28. The number of rotatable bonds is 4. The zero-order valence-corrected chi connectivity index (χ0v) is 16.3. The van der Waals surface area contributed by atoms with Crippen LogP contribution in [0, 0.1) is 0 Å². The van der Waals surface area contributed by atoms with Gasteiger partial charge in [-0.25, -0.2) is 4.98 Å². The zero-order chi connectivity index (χ0) is 18.3. The molecule has 0 unspecified atom stereocenters. The average Bonchev–Trinajstić information content (AvgIpc) is 3.30. The summed E-state index contributed by atoms with van der Waals surface area (Å²) < 4.78 is 6.35. The van der Waals surface area contributed by atoms with Gasteiger partial charge in [-0.05, 0) is 43.7 Å². The molecule has 1 saturated carbocycles. The molecule has 0 aromatic carbocycles. The summed E-state index contributed by atoms with van der Waals surface area (Å²) >= 11 is 1.67. The molecule has 2 aromatic rings. The molecule has 144 valence electrons. The maximum Gasteiger partial charge on any atom is 0.261 e. The van der Waals surface area contributed by atoms with Gasteiger partial charge in [0.25, 0.3) is 5.91 Å². The Morgan fingerprint density at radius 3 is 2.96 bits per heavy atom. The summed E-state index contributed by atoms with van der Waals surface area (Å²) in [7, 11) is 0. The van der Waals surface area contributed by atoms with Gasteiger partial charge in [-0.15, -0.1) is 11.3 Å². The van der Waals surface area contributed by atoms with Crippen LogP contribution in [0.4, 0.5) is 0 Å². The number of amides is 1. The van der Waals surface area contributed by atoms with Crippen molar-refractivity contribution in [2.45, 2.75) is 56.7 Å². The van der Waals surface area contributed by atoms with E-state index in [1.807, 2.05) is 6.20 Å². The third-order valence-corrected chi connectivity index (χ3v) is 7.48. The van der Waals surface area contributed by atoms with E-state index in [4.69, 9.17) is 4.74 Å². The fraction of sp³-hybridized carbons (Fsp3) is 0.600. The van der Waals surface area contributed by atoms with Crippen LogP contribution in [-0.4, -0.2) is 46.5 Å². The van der Waals surface area contributed by atoms with Crippen molar-refractivity contribution < 1.29 is 9.53 Å². The highest BCUT2D eigenvalue weighted by Crippen LogP contribution is 2.44. The number of hydrogen-bond donors (Lipinski definition) is 2. The quantitative estimate of drug-likeness (QED) is 0.848. The Morgan fingerprint density at radius 2 is 2.26 bits per heavy atom. The van der Waals surface area contributed by atoms with Gasteiger partial charge in [-0.2, -0.15) is 0 Å². The first-order valence-electron chi connectivity index (χ1n) is 9.99. The normalized spacial score (nSPS) is 22.4. The summed E-state index contributed by atoms with van der Waals surface area (Å²) in [6.07, 6.45) is 9.99. The Kier molecular flexibility index (Phi) is 4.53. The first-order chi connectivity index (χ1) is 13.2. The molecule has 3 aliphatic rings. The number of piperidine rings is 1. The number of likely N-dealkylation sites (tertiary alicyclic amines) is 1. The van der Waals surface area contributed by atoms with Crippen LogP contribution in [0.25, 0.3) is 0 Å². The van der Waals surface area contributed by atoms with Crippen molar-refractivity contribution in [3.8, 4) is 0 Å².